The summed E-state index contributed by atoms with van der Waals surface area (Å²) in [7, 11) is 0. The van der Waals surface area contributed by atoms with Gasteiger partial charge in [-0.3, -0.25) is 4.99 Å². The highest BCUT2D eigenvalue weighted by Crippen LogP contribution is 2.25. The van der Waals surface area contributed by atoms with Crippen molar-refractivity contribution in [1.29, 1.82) is 0 Å². The zero-order valence-corrected chi connectivity index (χ0v) is 16.9. The van der Waals surface area contributed by atoms with Gasteiger partial charge in [-0.2, -0.15) is 0 Å². The van der Waals surface area contributed by atoms with Crippen LogP contribution in [0.2, 0.25) is 0 Å². The molecular weight excluding hydrogens is 386 g/mol. The third kappa shape index (κ3) is 7.03. The predicted molar refractivity (Wildman–Crippen MR) is 107 cm³/mol. The van der Waals surface area contributed by atoms with Gasteiger partial charge in [-0.1, -0.05) is 22.9 Å². The van der Waals surface area contributed by atoms with Crippen LogP contribution in [-0.2, 0) is 0 Å². The third-order valence-corrected chi connectivity index (χ3v) is 5.66. The summed E-state index contributed by atoms with van der Waals surface area (Å²) in [5.41, 5.74) is 0. The molecule has 1 fully saturated rings. The number of aliphatic hydroxyl groups excluding tert-OH is 1. The van der Waals surface area contributed by atoms with E-state index in [2.05, 4.69) is 64.7 Å². The summed E-state index contributed by atoms with van der Waals surface area (Å²) in [6.45, 7) is 5.92. The molecule has 4 nitrogen and oxygen atoms in total. The summed E-state index contributed by atoms with van der Waals surface area (Å²) in [6, 6.07) is 8.82. The number of guanidine groups is 1. The van der Waals surface area contributed by atoms with Gasteiger partial charge in [-0.05, 0) is 56.9 Å². The highest BCUT2D eigenvalue weighted by molar-refractivity contribution is 9.10. The Labute approximate surface area is 158 Å². The molecule has 0 radical (unpaired) electrons. The van der Waals surface area contributed by atoms with Crippen molar-refractivity contribution in [2.24, 2.45) is 4.99 Å². The fraction of sp³-hybridized carbons (Fsp3) is 0.611. The number of hydrogen-bond acceptors (Lipinski definition) is 3. The molecule has 1 aliphatic carbocycles. The first kappa shape index (κ1) is 19.6. The van der Waals surface area contributed by atoms with E-state index in [0.29, 0.717) is 11.3 Å². The molecular formula is C18H28BrN3OS. The summed E-state index contributed by atoms with van der Waals surface area (Å²) in [5.74, 6) is 0.891. The smallest absolute Gasteiger partial charge is 0.191 e. The van der Waals surface area contributed by atoms with Gasteiger partial charge < -0.3 is 15.7 Å². The van der Waals surface area contributed by atoms with Gasteiger partial charge in [0.1, 0.15) is 0 Å². The second-order valence-electron chi connectivity index (χ2n) is 6.25. The average Bonchev–Trinajstić information content (AvgIpc) is 2.57. The standard InChI is InChI=1S/C18H28BrN3OS/c1-3-20-18(22-15-6-8-16(23)9-7-15)21-12-13(2)24-17-10-4-14(19)5-11-17/h4-5,10-11,13,15-16,23H,3,6-9,12H2,1-2H3,(H2,20,21,22). The van der Waals surface area contributed by atoms with Gasteiger partial charge in [0.05, 0.1) is 12.6 Å². The first-order valence-corrected chi connectivity index (χ1v) is 10.4. The number of rotatable bonds is 6. The summed E-state index contributed by atoms with van der Waals surface area (Å²) in [6.07, 6.45) is 3.66. The molecule has 0 aliphatic heterocycles. The number of halogens is 1. The molecule has 1 aromatic rings. The molecule has 0 spiro atoms. The Morgan fingerprint density at radius 1 is 1.29 bits per heavy atom. The molecule has 0 saturated heterocycles. The molecule has 24 heavy (non-hydrogen) atoms. The number of hydrogen-bond donors (Lipinski definition) is 3. The quantitative estimate of drug-likeness (QED) is 0.377. The van der Waals surface area contributed by atoms with Crippen LogP contribution in [0.4, 0.5) is 0 Å². The molecule has 0 amide bonds. The van der Waals surface area contributed by atoms with E-state index in [4.69, 9.17) is 4.99 Å². The molecule has 1 aromatic carbocycles. The van der Waals surface area contributed by atoms with Crippen LogP contribution in [0.3, 0.4) is 0 Å². The topological polar surface area (TPSA) is 56.7 Å². The van der Waals surface area contributed by atoms with Gasteiger partial charge >= 0.3 is 0 Å². The first-order valence-electron chi connectivity index (χ1n) is 8.72. The Kier molecular flexibility index (Phi) is 8.42. The Balaban J connectivity index is 1.83. The number of thioether (sulfide) groups is 1. The van der Waals surface area contributed by atoms with E-state index in [1.807, 2.05) is 11.8 Å². The van der Waals surface area contributed by atoms with Crippen molar-refractivity contribution >= 4 is 33.7 Å². The zero-order valence-electron chi connectivity index (χ0n) is 14.5. The van der Waals surface area contributed by atoms with Gasteiger partial charge in [0.2, 0.25) is 0 Å². The van der Waals surface area contributed by atoms with Crippen molar-refractivity contribution in [1.82, 2.24) is 10.6 Å². The normalized spacial score (nSPS) is 22.9. The Morgan fingerprint density at radius 2 is 1.96 bits per heavy atom. The van der Waals surface area contributed by atoms with Crippen molar-refractivity contribution in [2.75, 3.05) is 13.1 Å². The fourth-order valence-corrected chi connectivity index (χ4v) is 3.91. The summed E-state index contributed by atoms with van der Waals surface area (Å²) in [4.78, 5) is 6.01. The van der Waals surface area contributed by atoms with Crippen molar-refractivity contribution in [3.8, 4) is 0 Å². The maximum atomic E-state index is 9.62. The molecule has 1 saturated carbocycles. The van der Waals surface area contributed by atoms with Crippen molar-refractivity contribution in [3.05, 3.63) is 28.7 Å². The van der Waals surface area contributed by atoms with Gasteiger partial charge in [-0.25, -0.2) is 0 Å². The minimum Gasteiger partial charge on any atom is -0.393 e. The number of benzene rings is 1. The average molecular weight is 414 g/mol. The van der Waals surface area contributed by atoms with E-state index in [1.54, 1.807) is 0 Å². The van der Waals surface area contributed by atoms with E-state index in [0.717, 1.165) is 49.2 Å². The number of nitrogens with one attached hydrogen (secondary N) is 2. The van der Waals surface area contributed by atoms with Gasteiger partial charge in [0.15, 0.2) is 5.96 Å². The van der Waals surface area contributed by atoms with E-state index in [9.17, 15) is 5.11 Å². The second kappa shape index (κ2) is 10.3. The van der Waals surface area contributed by atoms with Crippen LogP contribution in [0.15, 0.2) is 38.6 Å². The van der Waals surface area contributed by atoms with Gasteiger partial charge in [0.25, 0.3) is 0 Å². The lowest BCUT2D eigenvalue weighted by Crippen LogP contribution is -2.45. The van der Waals surface area contributed by atoms with Crippen LogP contribution in [0.25, 0.3) is 0 Å². The lowest BCUT2D eigenvalue weighted by molar-refractivity contribution is 0.120. The highest BCUT2D eigenvalue weighted by Gasteiger charge is 2.20. The third-order valence-electron chi connectivity index (χ3n) is 4.04. The van der Waals surface area contributed by atoms with E-state index in [1.165, 1.54) is 4.90 Å². The lowest BCUT2D eigenvalue weighted by Gasteiger charge is -2.27. The monoisotopic (exact) mass is 413 g/mol. The maximum Gasteiger partial charge on any atom is 0.191 e. The highest BCUT2D eigenvalue weighted by atomic mass is 79.9. The van der Waals surface area contributed by atoms with Crippen LogP contribution in [-0.4, -0.2) is 41.6 Å². The molecule has 6 heteroatoms. The molecule has 0 bridgehead atoms. The number of aliphatic hydroxyl groups is 1. The zero-order chi connectivity index (χ0) is 17.4. The van der Waals surface area contributed by atoms with Crippen LogP contribution in [0, 0.1) is 0 Å². The number of aliphatic imine (C=N–C) groups is 1. The molecule has 0 aromatic heterocycles. The predicted octanol–water partition coefficient (Wildman–Crippen LogP) is 3.79. The molecule has 2 rings (SSSR count). The second-order valence-corrected chi connectivity index (χ2v) is 8.68. The summed E-state index contributed by atoms with van der Waals surface area (Å²) >= 11 is 5.31. The van der Waals surface area contributed by atoms with Crippen LogP contribution >= 0.6 is 27.7 Å². The van der Waals surface area contributed by atoms with E-state index in [-0.39, 0.29) is 6.10 Å². The van der Waals surface area contributed by atoms with Crippen molar-refractivity contribution in [3.63, 3.8) is 0 Å². The molecule has 1 atom stereocenters. The number of nitrogens with zero attached hydrogens (tertiary/aromatic N) is 1. The Morgan fingerprint density at radius 3 is 2.58 bits per heavy atom. The van der Waals surface area contributed by atoms with E-state index < -0.39 is 0 Å². The minimum atomic E-state index is -0.120. The Bertz CT molecular complexity index is 516. The van der Waals surface area contributed by atoms with Crippen molar-refractivity contribution < 1.29 is 5.11 Å². The van der Waals surface area contributed by atoms with Crippen LogP contribution in [0.1, 0.15) is 39.5 Å². The van der Waals surface area contributed by atoms with Gasteiger partial charge in [-0.15, -0.1) is 11.8 Å². The molecule has 1 unspecified atom stereocenters. The fourth-order valence-electron chi connectivity index (χ4n) is 2.74. The molecule has 1 aliphatic rings. The molecule has 3 N–H and O–H groups in total. The van der Waals surface area contributed by atoms with E-state index >= 15 is 0 Å². The lowest BCUT2D eigenvalue weighted by atomic mass is 9.93. The van der Waals surface area contributed by atoms with Gasteiger partial charge in [0, 0.05) is 27.2 Å². The summed E-state index contributed by atoms with van der Waals surface area (Å²) < 4.78 is 1.11. The first-order chi connectivity index (χ1) is 11.6. The SMILES string of the molecule is CCNC(=NCC(C)Sc1ccc(Br)cc1)NC1CCC(O)CC1. The minimum absolute atomic E-state index is 0.120. The summed E-state index contributed by atoms with van der Waals surface area (Å²) in [5, 5.41) is 16.9. The molecule has 134 valence electrons. The Hall–Kier alpha value is -0.720. The maximum absolute atomic E-state index is 9.62. The van der Waals surface area contributed by atoms with Crippen molar-refractivity contribution in [2.45, 2.75) is 61.8 Å². The molecule has 0 heterocycles. The largest absolute Gasteiger partial charge is 0.393 e. The van der Waals surface area contributed by atoms with Crippen LogP contribution in [0.5, 0.6) is 0 Å². The van der Waals surface area contributed by atoms with Crippen LogP contribution < -0.4 is 10.6 Å².